The number of carbonyl (C=O) groups excluding carboxylic acids is 1. The summed E-state index contributed by atoms with van der Waals surface area (Å²) in [5, 5.41) is 19.7. The van der Waals surface area contributed by atoms with Gasteiger partial charge < -0.3 is 9.52 Å². The van der Waals surface area contributed by atoms with Crippen molar-refractivity contribution < 1.29 is 14.3 Å². The monoisotopic (exact) mass is 346 g/mol. The molecule has 1 heterocycles. The first-order valence-corrected chi connectivity index (χ1v) is 8.77. The highest BCUT2D eigenvalue weighted by Gasteiger charge is 2.14. The second kappa shape index (κ2) is 9.78. The number of nitrogens with zero attached hydrogens (tertiary/aromatic N) is 3. The Balaban J connectivity index is 1.92. The minimum Gasteiger partial charge on any atom is -0.508 e. The van der Waals surface area contributed by atoms with E-state index >= 15 is 0 Å². The maximum atomic E-state index is 12.2. The number of benzene rings is 1. The zero-order valence-corrected chi connectivity index (χ0v) is 14.9. The molecule has 25 heavy (non-hydrogen) atoms. The number of hydrogen-bond acceptors (Lipinski definition) is 6. The fraction of sp³-hybridized carbons (Fsp3) is 0.500. The molecule has 0 unspecified atom stereocenters. The molecule has 1 aromatic carbocycles. The topological polar surface area (TPSA) is 91.5 Å². The van der Waals surface area contributed by atoms with Gasteiger partial charge in [-0.2, -0.15) is 0 Å². The molecule has 136 valence electrons. The molecular weight excluding hydrogens is 320 g/mol. The lowest BCUT2D eigenvalue weighted by atomic mass is 10.2. The van der Waals surface area contributed by atoms with E-state index in [0.717, 1.165) is 38.8 Å². The van der Waals surface area contributed by atoms with Gasteiger partial charge in [0.15, 0.2) is 0 Å². The van der Waals surface area contributed by atoms with Gasteiger partial charge in [-0.1, -0.05) is 31.8 Å². The van der Waals surface area contributed by atoms with Crippen LogP contribution in [-0.2, 0) is 4.79 Å². The van der Waals surface area contributed by atoms with Crippen molar-refractivity contribution >= 4 is 11.9 Å². The van der Waals surface area contributed by atoms with Crippen LogP contribution in [0, 0.1) is 0 Å². The van der Waals surface area contributed by atoms with Crippen molar-refractivity contribution in [2.75, 3.05) is 25.0 Å². The SMILES string of the molecule is CCCCN(CCCC)CC(=O)Nc1nnc(-c2ccc(O)cc2)o1. The maximum Gasteiger partial charge on any atom is 0.322 e. The molecule has 0 radical (unpaired) electrons. The molecule has 2 rings (SSSR count). The van der Waals surface area contributed by atoms with E-state index in [-0.39, 0.29) is 17.7 Å². The van der Waals surface area contributed by atoms with Crippen LogP contribution in [-0.4, -0.2) is 45.7 Å². The van der Waals surface area contributed by atoms with Crippen LogP contribution in [0.15, 0.2) is 28.7 Å². The summed E-state index contributed by atoms with van der Waals surface area (Å²) >= 11 is 0. The van der Waals surface area contributed by atoms with E-state index in [0.29, 0.717) is 18.0 Å². The second-order valence-electron chi connectivity index (χ2n) is 5.99. The van der Waals surface area contributed by atoms with Gasteiger partial charge in [-0.05, 0) is 50.2 Å². The first kappa shape index (κ1) is 18.9. The molecule has 0 bridgehead atoms. The highest BCUT2D eigenvalue weighted by Crippen LogP contribution is 2.21. The van der Waals surface area contributed by atoms with Gasteiger partial charge in [0.05, 0.1) is 6.54 Å². The number of rotatable bonds is 10. The minimum absolute atomic E-state index is 0.0824. The number of nitrogens with one attached hydrogen (secondary N) is 1. The van der Waals surface area contributed by atoms with E-state index in [9.17, 15) is 9.90 Å². The van der Waals surface area contributed by atoms with Gasteiger partial charge >= 0.3 is 6.01 Å². The summed E-state index contributed by atoms with van der Waals surface area (Å²) in [5.74, 6) is 0.299. The number of phenols is 1. The average Bonchev–Trinajstić information content (AvgIpc) is 3.06. The summed E-state index contributed by atoms with van der Waals surface area (Å²) in [6, 6.07) is 6.50. The molecular formula is C18H26N4O3. The number of hydrogen-bond donors (Lipinski definition) is 2. The summed E-state index contributed by atoms with van der Waals surface area (Å²) in [7, 11) is 0. The van der Waals surface area contributed by atoms with Gasteiger partial charge in [-0.15, -0.1) is 5.10 Å². The molecule has 1 amide bonds. The van der Waals surface area contributed by atoms with Crippen LogP contribution < -0.4 is 5.32 Å². The van der Waals surface area contributed by atoms with Gasteiger partial charge in [0.2, 0.25) is 11.8 Å². The number of carbonyl (C=O) groups is 1. The molecule has 0 aliphatic rings. The lowest BCUT2D eigenvalue weighted by molar-refractivity contribution is -0.117. The number of amides is 1. The summed E-state index contributed by atoms with van der Waals surface area (Å²) in [5.41, 5.74) is 0.679. The molecule has 0 saturated carbocycles. The van der Waals surface area contributed by atoms with Crippen molar-refractivity contribution in [2.45, 2.75) is 39.5 Å². The van der Waals surface area contributed by atoms with Crippen molar-refractivity contribution in [3.05, 3.63) is 24.3 Å². The van der Waals surface area contributed by atoms with E-state index in [1.165, 1.54) is 12.1 Å². The zero-order chi connectivity index (χ0) is 18.1. The lowest BCUT2D eigenvalue weighted by Gasteiger charge is -2.20. The smallest absolute Gasteiger partial charge is 0.322 e. The minimum atomic E-state index is -0.159. The van der Waals surface area contributed by atoms with Gasteiger partial charge in [0.1, 0.15) is 5.75 Å². The molecule has 2 aromatic rings. The predicted molar refractivity (Wildman–Crippen MR) is 96.3 cm³/mol. The molecule has 0 fully saturated rings. The van der Waals surface area contributed by atoms with Crippen LogP contribution in [0.2, 0.25) is 0 Å². The Morgan fingerprint density at radius 1 is 1.12 bits per heavy atom. The first-order chi connectivity index (χ1) is 12.1. The van der Waals surface area contributed by atoms with Crippen molar-refractivity contribution in [3.8, 4) is 17.2 Å². The summed E-state index contributed by atoms with van der Waals surface area (Å²) < 4.78 is 5.47. The molecule has 0 aliphatic carbocycles. The van der Waals surface area contributed by atoms with Crippen molar-refractivity contribution in [3.63, 3.8) is 0 Å². The third-order valence-electron chi connectivity index (χ3n) is 3.81. The van der Waals surface area contributed by atoms with Crippen molar-refractivity contribution in [1.29, 1.82) is 0 Å². The van der Waals surface area contributed by atoms with Crippen LogP contribution >= 0.6 is 0 Å². The van der Waals surface area contributed by atoms with E-state index in [1.807, 2.05) is 0 Å². The zero-order valence-electron chi connectivity index (χ0n) is 14.9. The van der Waals surface area contributed by atoms with E-state index in [4.69, 9.17) is 4.42 Å². The Bertz CT molecular complexity index is 647. The maximum absolute atomic E-state index is 12.2. The van der Waals surface area contributed by atoms with Gasteiger partial charge in [-0.25, -0.2) is 0 Å². The highest BCUT2D eigenvalue weighted by molar-refractivity contribution is 5.90. The molecule has 7 nitrogen and oxygen atoms in total. The standard InChI is InChI=1S/C18H26N4O3/c1-3-5-11-22(12-6-4-2)13-16(24)19-18-21-20-17(25-18)14-7-9-15(23)10-8-14/h7-10,23H,3-6,11-13H2,1-2H3,(H,19,21,24). The van der Waals surface area contributed by atoms with Crippen LogP contribution in [0.4, 0.5) is 6.01 Å². The van der Waals surface area contributed by atoms with Gasteiger partial charge in [-0.3, -0.25) is 15.0 Å². The molecule has 0 atom stereocenters. The fourth-order valence-electron chi connectivity index (χ4n) is 2.39. The fourth-order valence-corrected chi connectivity index (χ4v) is 2.39. The van der Waals surface area contributed by atoms with Crippen LogP contribution in [0.3, 0.4) is 0 Å². The van der Waals surface area contributed by atoms with Crippen LogP contribution in [0.5, 0.6) is 5.75 Å². The lowest BCUT2D eigenvalue weighted by Crippen LogP contribution is -2.34. The normalized spacial score (nSPS) is 11.0. The Kier molecular flexibility index (Phi) is 7.40. The Morgan fingerprint density at radius 3 is 2.36 bits per heavy atom. The molecule has 7 heteroatoms. The first-order valence-electron chi connectivity index (χ1n) is 8.77. The molecule has 0 aliphatic heterocycles. The average molecular weight is 346 g/mol. The molecule has 0 spiro atoms. The van der Waals surface area contributed by atoms with E-state index in [1.54, 1.807) is 12.1 Å². The third-order valence-corrected chi connectivity index (χ3v) is 3.81. The van der Waals surface area contributed by atoms with Crippen LogP contribution in [0.1, 0.15) is 39.5 Å². The van der Waals surface area contributed by atoms with Crippen molar-refractivity contribution in [1.82, 2.24) is 15.1 Å². The van der Waals surface area contributed by atoms with Gasteiger partial charge in [0.25, 0.3) is 0 Å². The van der Waals surface area contributed by atoms with E-state index in [2.05, 4.69) is 34.3 Å². The van der Waals surface area contributed by atoms with Gasteiger partial charge in [0, 0.05) is 5.56 Å². The second-order valence-corrected chi connectivity index (χ2v) is 5.99. The molecule has 0 saturated heterocycles. The number of unbranched alkanes of at least 4 members (excludes halogenated alkanes) is 2. The quantitative estimate of drug-likeness (QED) is 0.686. The van der Waals surface area contributed by atoms with Crippen LogP contribution in [0.25, 0.3) is 11.5 Å². The number of aromatic hydroxyl groups is 1. The van der Waals surface area contributed by atoms with E-state index < -0.39 is 0 Å². The summed E-state index contributed by atoms with van der Waals surface area (Å²) in [6.07, 6.45) is 4.35. The number of anilines is 1. The highest BCUT2D eigenvalue weighted by atomic mass is 16.4. The Morgan fingerprint density at radius 2 is 1.76 bits per heavy atom. The number of aromatic nitrogens is 2. The third kappa shape index (κ3) is 6.19. The Labute approximate surface area is 148 Å². The number of phenolic OH excluding ortho intramolecular Hbond substituents is 1. The summed E-state index contributed by atoms with van der Waals surface area (Å²) in [4.78, 5) is 14.4. The summed E-state index contributed by atoms with van der Waals surface area (Å²) in [6.45, 7) is 6.42. The Hall–Kier alpha value is -2.41. The molecule has 1 aromatic heterocycles. The largest absolute Gasteiger partial charge is 0.508 e. The molecule has 2 N–H and O–H groups in total. The van der Waals surface area contributed by atoms with Crippen molar-refractivity contribution in [2.24, 2.45) is 0 Å². The predicted octanol–water partition coefficient (Wildman–Crippen LogP) is 3.28.